The third-order valence-corrected chi connectivity index (χ3v) is 14.9. The number of para-hydroxylation sites is 1. The van der Waals surface area contributed by atoms with Gasteiger partial charge in [-0.25, -0.2) is 0 Å². The molecule has 11 rings (SSSR count). The van der Waals surface area contributed by atoms with E-state index in [0.29, 0.717) is 0 Å². The monoisotopic (exact) mass is 822 g/mol. The second-order valence-electron chi connectivity index (χ2n) is 22.2. The standard InChI is InChI=1S/C59H59BN2O/c1-36-31-45-44-34-46-47(59(10,11)30-29-58(46,8)9)35-50(44)62(40-24-21-38(22-25-40)56(2,3)4)60-53(45)51(32-36)61(49-28-26-42-41-19-15-16-20-52(41)63-55(42)54(49)60)48-27-23-39(57(5,6)7)33-43(48)37-17-13-12-14-18-37/h12-28,31-35H,29-30H2,1-11H3. The molecule has 0 spiro atoms. The van der Waals surface area contributed by atoms with Crippen LogP contribution in [0.2, 0.25) is 0 Å². The largest absolute Gasteiger partial charge is 0.456 e. The molecule has 0 amide bonds. The number of hydrogen-bond donors (Lipinski definition) is 0. The maximum absolute atomic E-state index is 7.18. The summed E-state index contributed by atoms with van der Waals surface area (Å²) in [6.07, 6.45) is 2.32. The normalized spacial score (nSPS) is 16.2. The average molecular weight is 823 g/mol. The zero-order valence-corrected chi connectivity index (χ0v) is 39.0. The van der Waals surface area contributed by atoms with Gasteiger partial charge in [-0.2, -0.15) is 0 Å². The number of hydrogen-bond acceptors (Lipinski definition) is 3. The number of benzene rings is 7. The molecule has 4 heteroatoms. The van der Waals surface area contributed by atoms with Gasteiger partial charge >= 0.3 is 6.85 Å². The van der Waals surface area contributed by atoms with E-state index in [4.69, 9.17) is 4.42 Å². The van der Waals surface area contributed by atoms with E-state index in [1.165, 1.54) is 78.1 Å². The summed E-state index contributed by atoms with van der Waals surface area (Å²) in [6.45, 7) is 25.8. The molecule has 7 aromatic carbocycles. The molecule has 1 aliphatic carbocycles. The molecular weight excluding hydrogens is 763 g/mol. The minimum atomic E-state index is -0.175. The molecular formula is C59H59BN2O. The summed E-state index contributed by atoms with van der Waals surface area (Å²) in [6, 6.07) is 51.0. The average Bonchev–Trinajstić information content (AvgIpc) is 3.63. The highest BCUT2D eigenvalue weighted by molar-refractivity contribution is 6.95. The highest BCUT2D eigenvalue weighted by atomic mass is 16.3. The predicted octanol–water partition coefficient (Wildman–Crippen LogP) is 15.2. The fourth-order valence-electron chi connectivity index (χ4n) is 11.1. The minimum absolute atomic E-state index is 0.0237. The van der Waals surface area contributed by atoms with Gasteiger partial charge in [-0.3, -0.25) is 0 Å². The van der Waals surface area contributed by atoms with Crippen molar-refractivity contribution in [3.8, 4) is 22.3 Å². The molecule has 63 heavy (non-hydrogen) atoms. The fraction of sp³-hybridized carbons (Fsp3) is 0.288. The van der Waals surface area contributed by atoms with Gasteiger partial charge in [-0.15, -0.1) is 0 Å². The zero-order valence-electron chi connectivity index (χ0n) is 39.0. The van der Waals surface area contributed by atoms with Crippen LogP contribution in [0.25, 0.3) is 44.2 Å². The van der Waals surface area contributed by atoms with E-state index in [1.54, 1.807) is 0 Å². The van der Waals surface area contributed by atoms with E-state index in [2.05, 4.69) is 219 Å². The van der Waals surface area contributed by atoms with Gasteiger partial charge in [0.05, 0.1) is 5.69 Å². The lowest BCUT2D eigenvalue weighted by Crippen LogP contribution is -2.62. The van der Waals surface area contributed by atoms with E-state index in [0.717, 1.165) is 46.2 Å². The molecule has 1 aromatic heterocycles. The second kappa shape index (κ2) is 13.5. The summed E-state index contributed by atoms with van der Waals surface area (Å²) < 4.78 is 7.18. The van der Waals surface area contributed by atoms with Crippen LogP contribution in [-0.2, 0) is 21.7 Å². The number of anilines is 5. The molecule has 0 unspecified atom stereocenters. The Bertz CT molecular complexity index is 3160. The third-order valence-electron chi connectivity index (χ3n) is 14.9. The Kier molecular flexibility index (Phi) is 8.54. The number of rotatable bonds is 3. The van der Waals surface area contributed by atoms with Gasteiger partial charge in [-0.05, 0) is 146 Å². The summed E-state index contributed by atoms with van der Waals surface area (Å²) >= 11 is 0. The van der Waals surface area contributed by atoms with Crippen molar-refractivity contribution in [2.45, 2.75) is 111 Å². The van der Waals surface area contributed by atoms with Crippen molar-refractivity contribution in [2.24, 2.45) is 0 Å². The number of fused-ring (bicyclic) bond motifs is 9. The van der Waals surface area contributed by atoms with Crippen LogP contribution in [0.15, 0.2) is 138 Å². The molecule has 2 aliphatic heterocycles. The maximum Gasteiger partial charge on any atom is 0.336 e. The van der Waals surface area contributed by atoms with Crippen molar-refractivity contribution in [3.63, 3.8) is 0 Å². The molecule has 0 fully saturated rings. The summed E-state index contributed by atoms with van der Waals surface area (Å²) in [5.74, 6) is 0. The van der Waals surface area contributed by atoms with E-state index < -0.39 is 0 Å². The van der Waals surface area contributed by atoms with Gasteiger partial charge in [0.15, 0.2) is 0 Å². The third kappa shape index (κ3) is 6.07. The molecule has 0 saturated carbocycles. The first kappa shape index (κ1) is 39.8. The van der Waals surface area contributed by atoms with Crippen LogP contribution in [-0.4, -0.2) is 6.85 Å². The Labute approximate surface area is 374 Å². The summed E-state index contributed by atoms with van der Waals surface area (Å²) in [4.78, 5) is 5.26. The Balaban J connectivity index is 1.30. The molecule has 0 N–H and O–H groups in total. The van der Waals surface area contributed by atoms with Crippen molar-refractivity contribution < 1.29 is 4.42 Å². The molecule has 8 aromatic rings. The van der Waals surface area contributed by atoms with Gasteiger partial charge < -0.3 is 14.1 Å². The molecule has 0 atom stereocenters. The van der Waals surface area contributed by atoms with Crippen LogP contribution in [0.1, 0.15) is 110 Å². The van der Waals surface area contributed by atoms with E-state index >= 15 is 0 Å². The topological polar surface area (TPSA) is 19.6 Å². The van der Waals surface area contributed by atoms with Crippen LogP contribution < -0.4 is 20.6 Å². The lowest BCUT2D eigenvalue weighted by molar-refractivity contribution is 0.332. The second-order valence-corrected chi connectivity index (χ2v) is 22.2. The molecule has 0 radical (unpaired) electrons. The Morgan fingerprint density at radius 3 is 1.86 bits per heavy atom. The minimum Gasteiger partial charge on any atom is -0.456 e. The smallest absolute Gasteiger partial charge is 0.336 e. The molecule has 3 aliphatic rings. The van der Waals surface area contributed by atoms with Gasteiger partial charge in [-0.1, -0.05) is 142 Å². The Morgan fingerprint density at radius 2 is 1.16 bits per heavy atom. The highest BCUT2D eigenvalue weighted by Crippen LogP contribution is 2.54. The number of nitrogens with zero attached hydrogens (tertiary/aromatic N) is 2. The molecule has 314 valence electrons. The first-order chi connectivity index (χ1) is 29.9. The van der Waals surface area contributed by atoms with Gasteiger partial charge in [0, 0.05) is 50.1 Å². The first-order valence-corrected chi connectivity index (χ1v) is 23.1. The van der Waals surface area contributed by atoms with Crippen LogP contribution in [0.3, 0.4) is 0 Å². The maximum atomic E-state index is 7.18. The van der Waals surface area contributed by atoms with Crippen molar-refractivity contribution in [2.75, 3.05) is 9.71 Å². The van der Waals surface area contributed by atoms with Gasteiger partial charge in [0.1, 0.15) is 11.2 Å². The van der Waals surface area contributed by atoms with E-state index in [-0.39, 0.29) is 28.5 Å². The SMILES string of the molecule is Cc1cc2c3c(c1)N(c1ccc(C(C)(C)C)cc1-c1ccccc1)c1ccc4c(oc5ccccc54)c1B3N(c1ccc(C(C)(C)C)cc1)c1cc3c(cc1-2)C(C)(C)CCC3(C)C. The zero-order chi connectivity index (χ0) is 44.0. The lowest BCUT2D eigenvalue weighted by Gasteiger charge is -2.48. The number of furan rings is 1. The fourth-order valence-corrected chi connectivity index (χ4v) is 11.1. The van der Waals surface area contributed by atoms with Crippen LogP contribution in [0, 0.1) is 6.92 Å². The summed E-state index contributed by atoms with van der Waals surface area (Å²) in [5.41, 5.74) is 22.4. The Hall–Kier alpha value is -6.00. The predicted molar refractivity (Wildman–Crippen MR) is 270 cm³/mol. The van der Waals surface area contributed by atoms with Crippen molar-refractivity contribution in [3.05, 3.63) is 161 Å². The summed E-state index contributed by atoms with van der Waals surface area (Å²) in [5, 5.41) is 2.29. The van der Waals surface area contributed by atoms with Gasteiger partial charge in [0.25, 0.3) is 0 Å². The summed E-state index contributed by atoms with van der Waals surface area (Å²) in [7, 11) is 0. The molecule has 0 bridgehead atoms. The first-order valence-electron chi connectivity index (χ1n) is 23.1. The van der Waals surface area contributed by atoms with E-state index in [1.807, 2.05) is 0 Å². The molecule has 3 heterocycles. The van der Waals surface area contributed by atoms with Crippen molar-refractivity contribution >= 4 is 68.1 Å². The number of aryl methyl sites for hydroxylation is 1. The molecule has 3 nitrogen and oxygen atoms in total. The van der Waals surface area contributed by atoms with Crippen molar-refractivity contribution in [1.82, 2.24) is 0 Å². The quantitative estimate of drug-likeness (QED) is 0.166. The van der Waals surface area contributed by atoms with Crippen LogP contribution in [0.4, 0.5) is 28.4 Å². The van der Waals surface area contributed by atoms with Crippen LogP contribution >= 0.6 is 0 Å². The molecule has 0 saturated heterocycles. The lowest BCUT2D eigenvalue weighted by atomic mass is 9.43. The highest BCUT2D eigenvalue weighted by Gasteiger charge is 2.49. The van der Waals surface area contributed by atoms with Crippen molar-refractivity contribution in [1.29, 1.82) is 0 Å². The van der Waals surface area contributed by atoms with Crippen LogP contribution in [0.5, 0.6) is 0 Å². The van der Waals surface area contributed by atoms with E-state index in [9.17, 15) is 0 Å². The van der Waals surface area contributed by atoms with Gasteiger partial charge in [0.2, 0.25) is 0 Å². The Morgan fingerprint density at radius 1 is 0.524 bits per heavy atom.